The highest BCUT2D eigenvalue weighted by atomic mass is 16.5. The van der Waals surface area contributed by atoms with Gasteiger partial charge in [0, 0.05) is 5.92 Å². The molecule has 0 saturated heterocycles. The summed E-state index contributed by atoms with van der Waals surface area (Å²) in [7, 11) is 0. The lowest BCUT2D eigenvalue weighted by molar-refractivity contribution is -0.165. The van der Waals surface area contributed by atoms with Crippen molar-refractivity contribution in [2.75, 3.05) is 13.2 Å². The molecule has 114 valence electrons. The minimum atomic E-state index is -1.03. The van der Waals surface area contributed by atoms with E-state index >= 15 is 0 Å². The minimum absolute atomic E-state index is 0.0971. The predicted molar refractivity (Wildman–Crippen MR) is 72.8 cm³/mol. The lowest BCUT2D eigenvalue weighted by Gasteiger charge is -2.26. The van der Waals surface area contributed by atoms with Gasteiger partial charge < -0.3 is 9.47 Å². The van der Waals surface area contributed by atoms with E-state index in [0.717, 1.165) is 12.8 Å². The van der Waals surface area contributed by atoms with Gasteiger partial charge in [0.2, 0.25) is 0 Å². The van der Waals surface area contributed by atoms with E-state index in [9.17, 15) is 14.4 Å². The van der Waals surface area contributed by atoms with Crippen LogP contribution in [0.3, 0.4) is 0 Å². The third-order valence-corrected chi connectivity index (χ3v) is 3.46. The molecule has 0 aromatic heterocycles. The number of ether oxygens (including phenoxy) is 2. The van der Waals surface area contributed by atoms with Crippen LogP contribution in [0, 0.1) is 23.7 Å². The van der Waals surface area contributed by atoms with Crippen LogP contribution in [0.5, 0.6) is 0 Å². The van der Waals surface area contributed by atoms with Gasteiger partial charge in [-0.05, 0) is 32.6 Å². The van der Waals surface area contributed by atoms with Crippen molar-refractivity contribution in [3.63, 3.8) is 0 Å². The van der Waals surface area contributed by atoms with Crippen LogP contribution in [0.1, 0.15) is 40.5 Å². The monoisotopic (exact) mass is 284 g/mol. The number of carbonyl (C=O) groups is 3. The van der Waals surface area contributed by atoms with E-state index in [-0.39, 0.29) is 30.8 Å². The van der Waals surface area contributed by atoms with E-state index in [1.807, 2.05) is 13.8 Å². The maximum absolute atomic E-state index is 12.4. The largest absolute Gasteiger partial charge is 0.466 e. The van der Waals surface area contributed by atoms with Gasteiger partial charge in [-0.2, -0.15) is 0 Å². The van der Waals surface area contributed by atoms with Crippen molar-refractivity contribution >= 4 is 17.7 Å². The Labute approximate surface area is 120 Å². The quantitative estimate of drug-likeness (QED) is 0.503. The van der Waals surface area contributed by atoms with Gasteiger partial charge in [-0.25, -0.2) is 0 Å². The van der Waals surface area contributed by atoms with Gasteiger partial charge in [-0.1, -0.05) is 13.8 Å². The molecule has 0 amide bonds. The highest BCUT2D eigenvalue weighted by molar-refractivity contribution is 6.04. The minimum Gasteiger partial charge on any atom is -0.466 e. The van der Waals surface area contributed by atoms with Crippen LogP contribution in [0.4, 0.5) is 0 Å². The summed E-state index contributed by atoms with van der Waals surface area (Å²) in [6.07, 6.45) is 1.59. The third-order valence-electron chi connectivity index (χ3n) is 3.46. The summed E-state index contributed by atoms with van der Waals surface area (Å²) in [5.74, 6) is -3.31. The van der Waals surface area contributed by atoms with Gasteiger partial charge in [0.05, 0.1) is 19.1 Å². The van der Waals surface area contributed by atoms with E-state index in [4.69, 9.17) is 9.47 Å². The summed E-state index contributed by atoms with van der Waals surface area (Å²) in [5.41, 5.74) is 0. The van der Waals surface area contributed by atoms with Crippen LogP contribution in [-0.4, -0.2) is 30.9 Å². The molecule has 1 saturated carbocycles. The van der Waals surface area contributed by atoms with Crippen molar-refractivity contribution in [1.82, 2.24) is 0 Å². The maximum Gasteiger partial charge on any atom is 0.317 e. The van der Waals surface area contributed by atoms with Crippen LogP contribution in [0.25, 0.3) is 0 Å². The second-order valence-corrected chi connectivity index (χ2v) is 5.43. The molecule has 0 bridgehead atoms. The Morgan fingerprint density at radius 1 is 1.00 bits per heavy atom. The molecule has 2 unspecified atom stereocenters. The SMILES string of the molecule is CCOC(=O)C(C(=O)C1CC1)C(C(=O)OCC)C(C)C. The molecule has 1 rings (SSSR count). The van der Waals surface area contributed by atoms with Crippen molar-refractivity contribution in [2.24, 2.45) is 23.7 Å². The Balaban J connectivity index is 2.99. The van der Waals surface area contributed by atoms with E-state index in [2.05, 4.69) is 0 Å². The summed E-state index contributed by atoms with van der Waals surface area (Å²) in [6, 6.07) is 0. The Bertz CT molecular complexity index is 370. The number of ketones is 1. The topological polar surface area (TPSA) is 69.7 Å². The van der Waals surface area contributed by atoms with E-state index in [1.54, 1.807) is 13.8 Å². The zero-order valence-corrected chi connectivity index (χ0v) is 12.7. The maximum atomic E-state index is 12.4. The summed E-state index contributed by atoms with van der Waals surface area (Å²) in [5, 5.41) is 0. The average molecular weight is 284 g/mol. The lowest BCUT2D eigenvalue weighted by Crippen LogP contribution is -2.41. The molecule has 1 aliphatic rings. The fourth-order valence-corrected chi connectivity index (χ4v) is 2.33. The first-order valence-corrected chi connectivity index (χ1v) is 7.30. The van der Waals surface area contributed by atoms with Crippen molar-refractivity contribution in [3.8, 4) is 0 Å². The molecular formula is C15H24O5. The van der Waals surface area contributed by atoms with E-state index < -0.39 is 23.8 Å². The summed E-state index contributed by atoms with van der Waals surface area (Å²) in [6.45, 7) is 7.45. The zero-order chi connectivity index (χ0) is 15.3. The van der Waals surface area contributed by atoms with Crippen molar-refractivity contribution in [2.45, 2.75) is 40.5 Å². The number of esters is 2. The van der Waals surface area contributed by atoms with Gasteiger partial charge in [-0.3, -0.25) is 14.4 Å². The fraction of sp³-hybridized carbons (Fsp3) is 0.800. The third kappa shape index (κ3) is 4.05. The second kappa shape index (κ2) is 7.41. The van der Waals surface area contributed by atoms with Gasteiger partial charge in [0.1, 0.15) is 5.92 Å². The highest BCUT2D eigenvalue weighted by Crippen LogP contribution is 2.37. The number of hydrogen-bond donors (Lipinski definition) is 0. The zero-order valence-electron chi connectivity index (χ0n) is 12.7. The molecule has 0 aliphatic heterocycles. The van der Waals surface area contributed by atoms with E-state index in [0.29, 0.717) is 0 Å². The Kier molecular flexibility index (Phi) is 6.17. The van der Waals surface area contributed by atoms with Crippen LogP contribution in [0.15, 0.2) is 0 Å². The van der Waals surface area contributed by atoms with Crippen molar-refractivity contribution < 1.29 is 23.9 Å². The fourth-order valence-electron chi connectivity index (χ4n) is 2.33. The van der Waals surface area contributed by atoms with Crippen LogP contribution in [-0.2, 0) is 23.9 Å². The molecule has 0 aromatic carbocycles. The van der Waals surface area contributed by atoms with Crippen LogP contribution in [0.2, 0.25) is 0 Å². The molecule has 0 radical (unpaired) electrons. The summed E-state index contributed by atoms with van der Waals surface area (Å²) in [4.78, 5) is 36.6. The number of carbonyl (C=O) groups excluding carboxylic acids is 3. The Morgan fingerprint density at radius 3 is 1.90 bits per heavy atom. The lowest BCUT2D eigenvalue weighted by atomic mass is 9.79. The first-order valence-electron chi connectivity index (χ1n) is 7.30. The molecule has 2 atom stereocenters. The summed E-state index contributed by atoms with van der Waals surface area (Å²) >= 11 is 0. The van der Waals surface area contributed by atoms with E-state index in [1.165, 1.54) is 0 Å². The van der Waals surface area contributed by atoms with Crippen molar-refractivity contribution in [3.05, 3.63) is 0 Å². The second-order valence-electron chi connectivity index (χ2n) is 5.43. The first kappa shape index (κ1) is 16.7. The van der Waals surface area contributed by atoms with Gasteiger partial charge in [0.25, 0.3) is 0 Å². The first-order chi connectivity index (χ1) is 9.43. The number of hydrogen-bond acceptors (Lipinski definition) is 5. The van der Waals surface area contributed by atoms with Gasteiger partial charge in [0.15, 0.2) is 5.78 Å². The number of rotatable bonds is 8. The molecule has 5 nitrogen and oxygen atoms in total. The Morgan fingerprint density at radius 2 is 1.50 bits per heavy atom. The summed E-state index contributed by atoms with van der Waals surface area (Å²) < 4.78 is 10.0. The number of Topliss-reactive ketones (excluding diaryl/α,β-unsaturated/α-hetero) is 1. The van der Waals surface area contributed by atoms with Crippen LogP contribution >= 0.6 is 0 Å². The molecule has 0 N–H and O–H groups in total. The molecule has 20 heavy (non-hydrogen) atoms. The highest BCUT2D eigenvalue weighted by Gasteiger charge is 2.47. The molecule has 1 fully saturated rings. The molecular weight excluding hydrogens is 260 g/mol. The van der Waals surface area contributed by atoms with Gasteiger partial charge in [-0.15, -0.1) is 0 Å². The molecule has 0 heterocycles. The molecule has 0 spiro atoms. The molecule has 5 heteroatoms. The smallest absolute Gasteiger partial charge is 0.317 e. The Hall–Kier alpha value is -1.39. The standard InChI is InChI=1S/C15H24O5/c1-5-19-14(17)11(9(3)4)12(15(18)20-6-2)13(16)10-7-8-10/h9-12H,5-8H2,1-4H3. The molecule has 1 aliphatic carbocycles. The predicted octanol–water partition coefficient (Wildman–Crippen LogP) is 1.98. The van der Waals surface area contributed by atoms with Crippen LogP contribution < -0.4 is 0 Å². The normalized spacial score (nSPS) is 17.4. The molecule has 0 aromatic rings. The average Bonchev–Trinajstić information content (AvgIpc) is 3.18. The van der Waals surface area contributed by atoms with Gasteiger partial charge >= 0.3 is 11.9 Å². The van der Waals surface area contributed by atoms with Crippen molar-refractivity contribution in [1.29, 1.82) is 0 Å².